The third-order valence-corrected chi connectivity index (χ3v) is 9.03. The van der Waals surface area contributed by atoms with Crippen molar-refractivity contribution in [3.05, 3.63) is 93.0 Å². The first-order valence-electron chi connectivity index (χ1n) is 16.5. The first kappa shape index (κ1) is 32.2. The third kappa shape index (κ3) is 7.01. The van der Waals surface area contributed by atoms with E-state index in [-0.39, 0.29) is 23.3 Å². The lowest BCUT2D eigenvalue weighted by Crippen LogP contribution is -2.30. The number of nitrogens with zero attached hydrogens (tertiary/aromatic N) is 3. The summed E-state index contributed by atoms with van der Waals surface area (Å²) in [5, 5.41) is 34.1. The van der Waals surface area contributed by atoms with E-state index < -0.39 is 6.10 Å². The molecule has 3 aromatic heterocycles. The molecule has 1 fully saturated rings. The van der Waals surface area contributed by atoms with Crippen LogP contribution in [-0.4, -0.2) is 55.1 Å². The lowest BCUT2D eigenvalue weighted by atomic mass is 9.97. The smallest absolute Gasteiger partial charge is 0.251 e. The van der Waals surface area contributed by atoms with E-state index >= 15 is 0 Å². The Morgan fingerprint density at radius 2 is 1.87 bits per heavy atom. The van der Waals surface area contributed by atoms with Gasteiger partial charge >= 0.3 is 0 Å². The molecule has 0 radical (unpaired) electrons. The molecular formula is C36H42N6O5. The predicted molar refractivity (Wildman–Crippen MR) is 182 cm³/mol. The fraction of sp³-hybridized carbons (Fsp3) is 0.389. The van der Waals surface area contributed by atoms with Crippen LogP contribution in [-0.2, 0) is 30.7 Å². The van der Waals surface area contributed by atoms with Gasteiger partial charge < -0.3 is 30.6 Å². The molecule has 6 rings (SSSR count). The maximum Gasteiger partial charge on any atom is 0.251 e. The van der Waals surface area contributed by atoms with Gasteiger partial charge in [-0.15, -0.1) is 0 Å². The van der Waals surface area contributed by atoms with E-state index in [1.807, 2.05) is 35.1 Å². The number of anilines is 1. The zero-order valence-corrected chi connectivity index (χ0v) is 26.9. The van der Waals surface area contributed by atoms with Gasteiger partial charge in [-0.05, 0) is 80.8 Å². The Labute approximate surface area is 273 Å². The van der Waals surface area contributed by atoms with Crippen molar-refractivity contribution in [1.29, 1.82) is 0 Å². The molecule has 2 aromatic carbocycles. The standard InChI is InChI=1S/C36H42N6O5/c1-3-29-27(33(39-24-16-18-47-19-17-24)28-21-38-42(4-2)35(28)40-29)20-37-36(46)23-10-8-22(9-11-23)6-5-7-30(43)25-12-14-31(44)34-26(25)13-15-32(45)41-34/h8-15,21,24,30,43-44H,3-7,16-20H2,1-2H3,(H,37,46)(H,39,40)(H,41,45)/t30-/m0/s1. The van der Waals surface area contributed by atoms with Crippen LogP contribution in [0.3, 0.4) is 0 Å². The Morgan fingerprint density at radius 1 is 1.09 bits per heavy atom. The molecule has 11 nitrogen and oxygen atoms in total. The second-order valence-corrected chi connectivity index (χ2v) is 12.1. The zero-order chi connectivity index (χ0) is 32.9. The molecule has 1 aliphatic heterocycles. The number of aromatic nitrogens is 4. The lowest BCUT2D eigenvalue weighted by molar-refractivity contribution is 0.0904. The molecule has 1 aliphatic rings. The average molecular weight is 639 g/mol. The summed E-state index contributed by atoms with van der Waals surface area (Å²) in [5.74, 6) is -0.190. The van der Waals surface area contributed by atoms with Crippen molar-refractivity contribution < 1.29 is 19.7 Å². The normalized spacial score (nSPS) is 14.4. The summed E-state index contributed by atoms with van der Waals surface area (Å²) in [6.07, 6.45) is 5.61. The van der Waals surface area contributed by atoms with Gasteiger partial charge in [-0.2, -0.15) is 5.10 Å². The number of aromatic amines is 1. The molecule has 4 heterocycles. The molecule has 0 saturated carbocycles. The Bertz CT molecular complexity index is 1930. The summed E-state index contributed by atoms with van der Waals surface area (Å²) in [7, 11) is 0. The van der Waals surface area contributed by atoms with Crippen molar-refractivity contribution in [3.8, 4) is 5.75 Å². The van der Waals surface area contributed by atoms with Gasteiger partial charge in [0.2, 0.25) is 5.56 Å². The Balaban J connectivity index is 1.10. The predicted octanol–water partition coefficient (Wildman–Crippen LogP) is 5.14. The van der Waals surface area contributed by atoms with Gasteiger partial charge in [0.25, 0.3) is 5.91 Å². The van der Waals surface area contributed by atoms with E-state index in [9.17, 15) is 19.8 Å². The lowest BCUT2D eigenvalue weighted by Gasteiger charge is -2.26. The number of ether oxygens (including phenoxy) is 1. The number of fused-ring (bicyclic) bond motifs is 2. The van der Waals surface area contributed by atoms with E-state index in [0.717, 1.165) is 79.0 Å². The zero-order valence-electron chi connectivity index (χ0n) is 26.9. The second kappa shape index (κ2) is 14.4. The number of aliphatic hydroxyl groups excluding tert-OH is 1. The maximum atomic E-state index is 13.3. The van der Waals surface area contributed by atoms with E-state index in [2.05, 4.69) is 34.6 Å². The SMILES string of the molecule is CCc1nc2c(cnn2CC)c(NC2CCOCC2)c1CNC(=O)c1ccc(CCC[C@H](O)c2ccc(O)c3[nH]c(=O)ccc23)cc1. The van der Waals surface area contributed by atoms with Crippen LogP contribution in [0, 0.1) is 0 Å². The van der Waals surface area contributed by atoms with Gasteiger partial charge in [0.05, 0.1) is 28.9 Å². The van der Waals surface area contributed by atoms with Crippen LogP contribution in [0.5, 0.6) is 5.75 Å². The number of carbonyl (C=O) groups excluding carboxylic acids is 1. The van der Waals surface area contributed by atoms with Gasteiger partial charge in [0.15, 0.2) is 5.65 Å². The largest absolute Gasteiger partial charge is 0.506 e. The van der Waals surface area contributed by atoms with Crippen molar-refractivity contribution >= 4 is 33.5 Å². The minimum atomic E-state index is -0.752. The molecule has 5 N–H and O–H groups in total. The van der Waals surface area contributed by atoms with Crippen LogP contribution in [0.15, 0.2) is 59.5 Å². The van der Waals surface area contributed by atoms with Crippen LogP contribution >= 0.6 is 0 Å². The highest BCUT2D eigenvalue weighted by Gasteiger charge is 2.22. The topological polar surface area (TPSA) is 154 Å². The number of nitrogens with one attached hydrogen (secondary N) is 3. The number of aromatic hydroxyl groups is 1. The van der Waals surface area contributed by atoms with E-state index in [4.69, 9.17) is 9.72 Å². The van der Waals surface area contributed by atoms with Crippen molar-refractivity contribution in [1.82, 2.24) is 25.1 Å². The van der Waals surface area contributed by atoms with E-state index in [1.54, 1.807) is 12.1 Å². The highest BCUT2D eigenvalue weighted by atomic mass is 16.5. The minimum absolute atomic E-state index is 0.0302. The number of phenols is 1. The molecule has 1 amide bonds. The Morgan fingerprint density at radius 3 is 2.62 bits per heavy atom. The molecule has 5 aromatic rings. The van der Waals surface area contributed by atoms with Gasteiger partial charge in [0.1, 0.15) is 5.75 Å². The molecule has 47 heavy (non-hydrogen) atoms. The number of aliphatic hydroxyl groups is 1. The molecular weight excluding hydrogens is 596 g/mol. The molecule has 1 saturated heterocycles. The average Bonchev–Trinajstić information content (AvgIpc) is 3.51. The third-order valence-electron chi connectivity index (χ3n) is 9.03. The van der Waals surface area contributed by atoms with Crippen LogP contribution in [0.1, 0.15) is 78.4 Å². The molecule has 0 aliphatic carbocycles. The highest BCUT2D eigenvalue weighted by Crippen LogP contribution is 2.32. The summed E-state index contributed by atoms with van der Waals surface area (Å²) in [6.45, 7) is 6.65. The monoisotopic (exact) mass is 638 g/mol. The van der Waals surface area contributed by atoms with Gasteiger partial charge in [-0.3, -0.25) is 9.59 Å². The highest BCUT2D eigenvalue weighted by molar-refractivity contribution is 5.95. The van der Waals surface area contributed by atoms with Gasteiger partial charge in [0, 0.05) is 60.6 Å². The number of H-pyrrole nitrogens is 1. The number of rotatable bonds is 12. The van der Waals surface area contributed by atoms with Crippen molar-refractivity contribution in [2.45, 2.75) is 77.6 Å². The van der Waals surface area contributed by atoms with Crippen LogP contribution in [0.25, 0.3) is 21.9 Å². The molecule has 0 unspecified atom stereocenters. The number of hydrogen-bond acceptors (Lipinski definition) is 8. The first-order valence-corrected chi connectivity index (χ1v) is 16.5. The first-order chi connectivity index (χ1) is 22.9. The molecule has 246 valence electrons. The summed E-state index contributed by atoms with van der Waals surface area (Å²) in [4.78, 5) is 32.6. The Kier molecular flexibility index (Phi) is 9.84. The summed E-state index contributed by atoms with van der Waals surface area (Å²) in [5.41, 5.74) is 6.07. The Hall–Kier alpha value is -4.74. The summed E-state index contributed by atoms with van der Waals surface area (Å²) < 4.78 is 7.48. The van der Waals surface area contributed by atoms with Crippen LogP contribution < -0.4 is 16.2 Å². The summed E-state index contributed by atoms with van der Waals surface area (Å²) in [6, 6.07) is 14.0. The molecule has 0 bridgehead atoms. The number of phenolic OH excluding ortho intramolecular Hbond substituents is 1. The van der Waals surface area contributed by atoms with Crippen molar-refractivity contribution in [2.75, 3.05) is 18.5 Å². The minimum Gasteiger partial charge on any atom is -0.506 e. The fourth-order valence-corrected chi connectivity index (χ4v) is 6.40. The van der Waals surface area contributed by atoms with E-state index in [0.29, 0.717) is 41.4 Å². The van der Waals surface area contributed by atoms with Crippen molar-refractivity contribution in [2.24, 2.45) is 0 Å². The number of carbonyl (C=O) groups is 1. The second-order valence-electron chi connectivity index (χ2n) is 12.1. The van der Waals surface area contributed by atoms with Gasteiger partial charge in [-0.25, -0.2) is 9.67 Å². The van der Waals surface area contributed by atoms with Crippen LogP contribution in [0.4, 0.5) is 5.69 Å². The van der Waals surface area contributed by atoms with Gasteiger partial charge in [-0.1, -0.05) is 25.1 Å². The van der Waals surface area contributed by atoms with E-state index in [1.165, 1.54) is 12.1 Å². The number of aryl methyl sites for hydroxylation is 3. The van der Waals surface area contributed by atoms with Crippen molar-refractivity contribution in [3.63, 3.8) is 0 Å². The fourth-order valence-electron chi connectivity index (χ4n) is 6.40. The number of amides is 1. The molecule has 1 atom stereocenters. The number of benzene rings is 2. The number of hydrogen-bond donors (Lipinski definition) is 5. The maximum absolute atomic E-state index is 13.3. The summed E-state index contributed by atoms with van der Waals surface area (Å²) >= 11 is 0. The molecule has 0 spiro atoms. The van der Waals surface area contributed by atoms with Crippen LogP contribution in [0.2, 0.25) is 0 Å². The number of pyridine rings is 2. The quantitative estimate of drug-likeness (QED) is 0.126. The molecule has 11 heteroatoms.